The van der Waals surface area contributed by atoms with Gasteiger partial charge in [0, 0.05) is 10.7 Å². The Morgan fingerprint density at radius 3 is 2.32 bits per heavy atom. The zero-order chi connectivity index (χ0) is 13.9. The van der Waals surface area contributed by atoms with Gasteiger partial charge in [-0.3, -0.25) is 4.72 Å². The monoisotopic (exact) mass is 292 g/mol. The average molecular weight is 293 g/mol. The predicted molar refractivity (Wildman–Crippen MR) is 73.4 cm³/mol. The molecule has 0 spiro atoms. The molecule has 0 aromatic heterocycles. The maximum atomic E-state index is 12.2. The highest BCUT2D eigenvalue weighted by atomic mass is 35.5. The van der Waals surface area contributed by atoms with Gasteiger partial charge in [-0.2, -0.15) is 5.26 Å². The summed E-state index contributed by atoms with van der Waals surface area (Å²) in [6.07, 6.45) is 0. The van der Waals surface area contributed by atoms with Crippen LogP contribution in [0.25, 0.3) is 0 Å². The first-order valence-electron chi connectivity index (χ1n) is 5.30. The summed E-state index contributed by atoms with van der Waals surface area (Å²) in [6.45, 7) is 0. The summed E-state index contributed by atoms with van der Waals surface area (Å²) in [6, 6.07) is 14.1. The lowest BCUT2D eigenvalue weighted by Crippen LogP contribution is -2.14. The fourth-order valence-electron chi connectivity index (χ4n) is 1.52. The summed E-state index contributed by atoms with van der Waals surface area (Å²) in [5.74, 6) is 0. The molecule has 0 amide bonds. The second-order valence-electron chi connectivity index (χ2n) is 3.72. The number of benzene rings is 2. The van der Waals surface area contributed by atoms with E-state index in [1.54, 1.807) is 36.4 Å². The van der Waals surface area contributed by atoms with Crippen LogP contribution >= 0.6 is 11.6 Å². The molecule has 0 aliphatic rings. The zero-order valence-corrected chi connectivity index (χ0v) is 11.2. The molecule has 0 saturated heterocycles. The summed E-state index contributed by atoms with van der Waals surface area (Å²) in [7, 11) is -3.78. The fraction of sp³-hybridized carbons (Fsp3) is 0. The Hall–Kier alpha value is -2.03. The number of nitriles is 1. The highest BCUT2D eigenvalue weighted by Crippen LogP contribution is 2.20. The van der Waals surface area contributed by atoms with E-state index in [1.165, 1.54) is 12.1 Å². The van der Waals surface area contributed by atoms with Gasteiger partial charge in [-0.15, -0.1) is 0 Å². The number of anilines is 1. The topological polar surface area (TPSA) is 70.0 Å². The molecule has 4 nitrogen and oxygen atoms in total. The number of nitrogens with zero attached hydrogens (tertiary/aromatic N) is 1. The molecule has 0 bridgehead atoms. The van der Waals surface area contributed by atoms with E-state index in [4.69, 9.17) is 16.9 Å². The third kappa shape index (κ3) is 3.05. The molecule has 0 fully saturated rings. The maximum Gasteiger partial charge on any atom is 0.263 e. The van der Waals surface area contributed by atoms with Crippen LogP contribution in [0.4, 0.5) is 5.69 Å². The van der Waals surface area contributed by atoms with Crippen molar-refractivity contribution in [3.8, 4) is 6.07 Å². The normalized spacial score (nSPS) is 10.7. The molecule has 0 aliphatic heterocycles. The Morgan fingerprint density at radius 1 is 1.05 bits per heavy atom. The van der Waals surface area contributed by atoms with Crippen molar-refractivity contribution in [1.29, 1.82) is 5.26 Å². The molecule has 0 radical (unpaired) electrons. The van der Waals surface area contributed by atoms with Crippen molar-refractivity contribution in [3.05, 3.63) is 59.1 Å². The van der Waals surface area contributed by atoms with E-state index in [9.17, 15) is 8.42 Å². The van der Waals surface area contributed by atoms with Crippen LogP contribution in [0.2, 0.25) is 5.02 Å². The first-order chi connectivity index (χ1) is 9.03. The molecule has 2 rings (SSSR count). The van der Waals surface area contributed by atoms with E-state index in [0.717, 1.165) is 0 Å². The number of hydrogen-bond acceptors (Lipinski definition) is 3. The average Bonchev–Trinajstić information content (AvgIpc) is 2.41. The molecular formula is C13H9ClN2O2S. The molecule has 6 heteroatoms. The third-order valence-electron chi connectivity index (χ3n) is 2.39. The van der Waals surface area contributed by atoms with Crippen molar-refractivity contribution >= 4 is 27.3 Å². The molecule has 1 N–H and O–H groups in total. The first-order valence-corrected chi connectivity index (χ1v) is 7.16. The Labute approximate surface area is 116 Å². The molecule has 0 unspecified atom stereocenters. The van der Waals surface area contributed by atoms with E-state index < -0.39 is 10.0 Å². The van der Waals surface area contributed by atoms with Crippen LogP contribution in [0.3, 0.4) is 0 Å². The van der Waals surface area contributed by atoms with Gasteiger partial charge in [-0.05, 0) is 36.4 Å². The molecule has 0 atom stereocenters. The predicted octanol–water partition coefficient (Wildman–Crippen LogP) is 3.01. The van der Waals surface area contributed by atoms with E-state index in [2.05, 4.69) is 4.72 Å². The Kier molecular flexibility index (Phi) is 3.74. The van der Waals surface area contributed by atoms with Gasteiger partial charge in [0.2, 0.25) is 0 Å². The number of halogens is 1. The van der Waals surface area contributed by atoms with Crippen LogP contribution in [0.1, 0.15) is 5.56 Å². The minimum Gasteiger partial charge on any atom is -0.280 e. The van der Waals surface area contributed by atoms with Crippen molar-refractivity contribution in [2.75, 3.05) is 4.72 Å². The summed E-state index contributed by atoms with van der Waals surface area (Å²) in [5.41, 5.74) is 0.487. The smallest absolute Gasteiger partial charge is 0.263 e. The zero-order valence-electron chi connectivity index (χ0n) is 9.67. The molecule has 2 aromatic carbocycles. The van der Waals surface area contributed by atoms with Crippen LogP contribution in [-0.2, 0) is 10.0 Å². The van der Waals surface area contributed by atoms with Gasteiger partial charge in [0.15, 0.2) is 0 Å². The first kappa shape index (κ1) is 13.4. The van der Waals surface area contributed by atoms with Crippen LogP contribution in [0.5, 0.6) is 0 Å². The van der Waals surface area contributed by atoms with Gasteiger partial charge in [-0.25, -0.2) is 8.42 Å². The molecule has 2 aromatic rings. The van der Waals surface area contributed by atoms with Gasteiger partial charge in [-0.1, -0.05) is 23.7 Å². The molecule has 19 heavy (non-hydrogen) atoms. The minimum atomic E-state index is -3.78. The van der Waals surface area contributed by atoms with Crippen LogP contribution in [-0.4, -0.2) is 8.42 Å². The summed E-state index contributed by atoms with van der Waals surface area (Å²) in [4.78, 5) is -0.0487. The lowest BCUT2D eigenvalue weighted by atomic mass is 10.2. The number of sulfonamides is 1. The quantitative estimate of drug-likeness (QED) is 0.945. The van der Waals surface area contributed by atoms with Crippen LogP contribution in [0, 0.1) is 11.3 Å². The van der Waals surface area contributed by atoms with Gasteiger partial charge in [0.05, 0.1) is 5.56 Å². The van der Waals surface area contributed by atoms with E-state index >= 15 is 0 Å². The lowest BCUT2D eigenvalue weighted by molar-refractivity contribution is 0.601. The Bertz CT molecular complexity index is 734. The van der Waals surface area contributed by atoms with Gasteiger partial charge in [0.1, 0.15) is 11.0 Å². The lowest BCUT2D eigenvalue weighted by Gasteiger charge is -2.09. The second kappa shape index (κ2) is 5.31. The maximum absolute atomic E-state index is 12.2. The number of nitrogens with one attached hydrogen (secondary N) is 1. The van der Waals surface area contributed by atoms with E-state index in [-0.39, 0.29) is 10.5 Å². The van der Waals surface area contributed by atoms with Crippen molar-refractivity contribution in [2.24, 2.45) is 0 Å². The highest BCUT2D eigenvalue weighted by Gasteiger charge is 2.17. The van der Waals surface area contributed by atoms with Crippen molar-refractivity contribution in [3.63, 3.8) is 0 Å². The summed E-state index contributed by atoms with van der Waals surface area (Å²) >= 11 is 5.73. The minimum absolute atomic E-state index is 0.0487. The van der Waals surface area contributed by atoms with Crippen LogP contribution < -0.4 is 4.72 Å². The second-order valence-corrected chi connectivity index (χ2v) is 5.81. The van der Waals surface area contributed by atoms with Gasteiger partial charge < -0.3 is 0 Å². The SMILES string of the molecule is N#Cc1ccccc1S(=O)(=O)Nc1ccc(Cl)cc1. The summed E-state index contributed by atoms with van der Waals surface area (Å²) < 4.78 is 26.7. The standard InChI is InChI=1S/C13H9ClN2O2S/c14-11-5-7-12(8-6-11)16-19(17,18)13-4-2-1-3-10(13)9-15/h1-8,16H. The highest BCUT2D eigenvalue weighted by molar-refractivity contribution is 7.92. The third-order valence-corrected chi connectivity index (χ3v) is 4.08. The molecule has 0 aliphatic carbocycles. The van der Waals surface area contributed by atoms with Gasteiger partial charge in [0.25, 0.3) is 10.0 Å². The van der Waals surface area contributed by atoms with Crippen molar-refractivity contribution in [2.45, 2.75) is 4.90 Å². The number of rotatable bonds is 3. The van der Waals surface area contributed by atoms with Gasteiger partial charge >= 0.3 is 0 Å². The molecule has 96 valence electrons. The molecule has 0 saturated carbocycles. The molecular weight excluding hydrogens is 284 g/mol. The number of hydrogen-bond donors (Lipinski definition) is 1. The van der Waals surface area contributed by atoms with E-state index in [0.29, 0.717) is 10.7 Å². The molecule has 0 heterocycles. The largest absolute Gasteiger partial charge is 0.280 e. The Morgan fingerprint density at radius 2 is 1.68 bits per heavy atom. The van der Waals surface area contributed by atoms with Crippen molar-refractivity contribution in [1.82, 2.24) is 0 Å². The van der Waals surface area contributed by atoms with Crippen molar-refractivity contribution < 1.29 is 8.42 Å². The van der Waals surface area contributed by atoms with Crippen LogP contribution in [0.15, 0.2) is 53.4 Å². The van der Waals surface area contributed by atoms with E-state index in [1.807, 2.05) is 6.07 Å². The Balaban J connectivity index is 2.38. The fourth-order valence-corrected chi connectivity index (χ4v) is 2.86. The summed E-state index contributed by atoms with van der Waals surface area (Å²) in [5, 5.41) is 9.44.